The Morgan fingerprint density at radius 2 is 1.90 bits per heavy atom. The van der Waals surface area contributed by atoms with E-state index in [1.54, 1.807) is 6.20 Å². The first-order valence-electron chi connectivity index (χ1n) is 6.73. The maximum Gasteiger partial charge on any atom is 0.405 e. The van der Waals surface area contributed by atoms with E-state index in [-0.39, 0.29) is 0 Å². The third-order valence-electron chi connectivity index (χ3n) is 2.98. The summed E-state index contributed by atoms with van der Waals surface area (Å²) in [6.45, 7) is 3.72. The topological polar surface area (TPSA) is 74.2 Å². The van der Waals surface area contributed by atoms with E-state index in [9.17, 15) is 4.79 Å². The third kappa shape index (κ3) is 4.80. The normalized spacial score (nSPS) is 11.0. The zero-order chi connectivity index (χ0) is 15.3. The monoisotopic (exact) mass is 285 g/mol. The SMILES string of the molecule is CC(C)(Cc1ccc(Nc2ccccn2)cc1)NC(=O)O. The second-order valence-electron chi connectivity index (χ2n) is 5.53. The van der Waals surface area contributed by atoms with Gasteiger partial charge in [-0.15, -0.1) is 0 Å². The number of rotatable bonds is 5. The molecule has 2 rings (SSSR count). The molecule has 2 aromatic rings. The molecule has 0 saturated carbocycles. The zero-order valence-electron chi connectivity index (χ0n) is 12.1. The molecule has 0 aliphatic rings. The number of pyridine rings is 1. The van der Waals surface area contributed by atoms with Gasteiger partial charge in [-0.05, 0) is 50.1 Å². The molecule has 21 heavy (non-hydrogen) atoms. The van der Waals surface area contributed by atoms with Crippen molar-refractivity contribution in [2.24, 2.45) is 0 Å². The third-order valence-corrected chi connectivity index (χ3v) is 2.98. The molecule has 5 nitrogen and oxygen atoms in total. The van der Waals surface area contributed by atoms with Crippen LogP contribution in [0.1, 0.15) is 19.4 Å². The van der Waals surface area contributed by atoms with Gasteiger partial charge < -0.3 is 15.7 Å². The Balaban J connectivity index is 2.00. The molecule has 110 valence electrons. The first-order valence-corrected chi connectivity index (χ1v) is 6.73. The molecule has 5 heteroatoms. The standard InChI is InChI=1S/C16H19N3O2/c1-16(2,19-15(20)21)11-12-6-8-13(9-7-12)18-14-5-3-4-10-17-14/h3-10,19H,11H2,1-2H3,(H,17,18)(H,20,21). The Morgan fingerprint density at radius 1 is 1.19 bits per heavy atom. The lowest BCUT2D eigenvalue weighted by molar-refractivity contribution is 0.182. The average Bonchev–Trinajstić information content (AvgIpc) is 2.40. The smallest absolute Gasteiger partial charge is 0.405 e. The molecule has 1 aromatic carbocycles. The first kappa shape index (κ1) is 14.8. The lowest BCUT2D eigenvalue weighted by atomic mass is 9.95. The molecule has 0 fully saturated rings. The summed E-state index contributed by atoms with van der Waals surface area (Å²) in [5, 5.41) is 14.5. The van der Waals surface area contributed by atoms with Gasteiger partial charge in [0.15, 0.2) is 0 Å². The number of benzene rings is 1. The molecule has 1 aromatic heterocycles. The molecule has 0 atom stereocenters. The van der Waals surface area contributed by atoms with Crippen LogP contribution in [0.15, 0.2) is 48.7 Å². The van der Waals surface area contributed by atoms with Crippen molar-refractivity contribution in [2.75, 3.05) is 5.32 Å². The number of carbonyl (C=O) groups is 1. The molecule has 3 N–H and O–H groups in total. The van der Waals surface area contributed by atoms with Crippen molar-refractivity contribution in [1.82, 2.24) is 10.3 Å². The molecule has 1 amide bonds. The van der Waals surface area contributed by atoms with Crippen molar-refractivity contribution in [2.45, 2.75) is 25.8 Å². The number of nitrogens with one attached hydrogen (secondary N) is 2. The number of hydrogen-bond donors (Lipinski definition) is 3. The van der Waals surface area contributed by atoms with E-state index in [0.29, 0.717) is 6.42 Å². The number of hydrogen-bond acceptors (Lipinski definition) is 3. The van der Waals surface area contributed by atoms with Gasteiger partial charge in [-0.25, -0.2) is 9.78 Å². The van der Waals surface area contributed by atoms with Crippen LogP contribution in [0.5, 0.6) is 0 Å². The molecule has 0 unspecified atom stereocenters. The van der Waals surface area contributed by atoms with Crippen molar-refractivity contribution in [3.63, 3.8) is 0 Å². The van der Waals surface area contributed by atoms with Gasteiger partial charge in [0.1, 0.15) is 5.82 Å². The molecule has 0 aliphatic carbocycles. The molecule has 0 aliphatic heterocycles. The summed E-state index contributed by atoms with van der Waals surface area (Å²) in [7, 11) is 0. The van der Waals surface area contributed by atoms with Crippen LogP contribution >= 0.6 is 0 Å². The van der Waals surface area contributed by atoms with E-state index in [2.05, 4.69) is 15.6 Å². The molecule has 0 radical (unpaired) electrons. The van der Waals surface area contributed by atoms with Crippen LogP contribution in [0.25, 0.3) is 0 Å². The Morgan fingerprint density at radius 3 is 2.48 bits per heavy atom. The number of aromatic nitrogens is 1. The van der Waals surface area contributed by atoms with E-state index < -0.39 is 11.6 Å². The van der Waals surface area contributed by atoms with Crippen LogP contribution in [0, 0.1) is 0 Å². The van der Waals surface area contributed by atoms with Crippen LogP contribution < -0.4 is 10.6 Å². The highest BCUT2D eigenvalue weighted by molar-refractivity contribution is 5.65. The van der Waals surface area contributed by atoms with E-state index in [0.717, 1.165) is 17.1 Å². The van der Waals surface area contributed by atoms with Crippen LogP contribution in [-0.4, -0.2) is 21.7 Å². The average molecular weight is 285 g/mol. The van der Waals surface area contributed by atoms with E-state index in [1.807, 2.05) is 56.3 Å². The fraction of sp³-hybridized carbons (Fsp3) is 0.250. The maximum atomic E-state index is 10.7. The highest BCUT2D eigenvalue weighted by Gasteiger charge is 2.20. The van der Waals surface area contributed by atoms with Crippen molar-refractivity contribution < 1.29 is 9.90 Å². The van der Waals surface area contributed by atoms with Crippen molar-refractivity contribution >= 4 is 17.6 Å². The fourth-order valence-corrected chi connectivity index (χ4v) is 2.13. The van der Waals surface area contributed by atoms with Crippen LogP contribution in [-0.2, 0) is 6.42 Å². The highest BCUT2D eigenvalue weighted by Crippen LogP contribution is 2.18. The summed E-state index contributed by atoms with van der Waals surface area (Å²) >= 11 is 0. The fourth-order valence-electron chi connectivity index (χ4n) is 2.13. The van der Waals surface area contributed by atoms with Gasteiger partial charge in [-0.2, -0.15) is 0 Å². The summed E-state index contributed by atoms with van der Waals surface area (Å²) < 4.78 is 0. The van der Waals surface area contributed by atoms with Gasteiger partial charge >= 0.3 is 6.09 Å². The highest BCUT2D eigenvalue weighted by atomic mass is 16.4. The number of anilines is 2. The second-order valence-corrected chi connectivity index (χ2v) is 5.53. The number of nitrogens with zero attached hydrogens (tertiary/aromatic N) is 1. The largest absolute Gasteiger partial charge is 0.465 e. The van der Waals surface area contributed by atoms with Gasteiger partial charge in [0.05, 0.1) is 0 Å². The van der Waals surface area contributed by atoms with Gasteiger partial charge in [-0.1, -0.05) is 18.2 Å². The summed E-state index contributed by atoms with van der Waals surface area (Å²) in [4.78, 5) is 14.9. The minimum atomic E-state index is -1.01. The van der Waals surface area contributed by atoms with E-state index >= 15 is 0 Å². The minimum Gasteiger partial charge on any atom is -0.465 e. The molecule has 0 saturated heterocycles. The van der Waals surface area contributed by atoms with Crippen LogP contribution in [0.3, 0.4) is 0 Å². The molecule has 1 heterocycles. The van der Waals surface area contributed by atoms with Crippen molar-refractivity contribution in [3.05, 3.63) is 54.2 Å². The zero-order valence-corrected chi connectivity index (χ0v) is 12.1. The van der Waals surface area contributed by atoms with Gasteiger partial charge in [0, 0.05) is 17.4 Å². The Kier molecular flexibility index (Phi) is 4.42. The van der Waals surface area contributed by atoms with Gasteiger partial charge in [0.2, 0.25) is 0 Å². The van der Waals surface area contributed by atoms with E-state index in [4.69, 9.17) is 5.11 Å². The lowest BCUT2D eigenvalue weighted by Gasteiger charge is -2.24. The summed E-state index contributed by atoms with van der Waals surface area (Å²) in [5.74, 6) is 0.790. The molecular formula is C16H19N3O2. The summed E-state index contributed by atoms with van der Waals surface area (Å²) in [6.07, 6.45) is 1.35. The van der Waals surface area contributed by atoms with E-state index in [1.165, 1.54) is 0 Å². The maximum absolute atomic E-state index is 10.7. The van der Waals surface area contributed by atoms with Crippen molar-refractivity contribution in [3.8, 4) is 0 Å². The minimum absolute atomic E-state index is 0.498. The Labute approximate surface area is 124 Å². The Hall–Kier alpha value is -2.56. The predicted octanol–water partition coefficient (Wildman–Crippen LogP) is 3.41. The van der Waals surface area contributed by atoms with Crippen LogP contribution in [0.4, 0.5) is 16.3 Å². The molecule has 0 spiro atoms. The quantitative estimate of drug-likeness (QED) is 0.787. The van der Waals surface area contributed by atoms with Crippen molar-refractivity contribution in [1.29, 1.82) is 0 Å². The lowest BCUT2D eigenvalue weighted by Crippen LogP contribution is -2.44. The predicted molar refractivity (Wildman–Crippen MR) is 82.9 cm³/mol. The summed E-state index contributed by atoms with van der Waals surface area (Å²) in [5.41, 5.74) is 1.52. The van der Waals surface area contributed by atoms with Crippen LogP contribution in [0.2, 0.25) is 0 Å². The number of carboxylic acid groups (broad SMARTS) is 1. The first-order chi connectivity index (χ1) is 9.94. The van der Waals surface area contributed by atoms with Gasteiger partial charge in [-0.3, -0.25) is 0 Å². The molecular weight excluding hydrogens is 266 g/mol. The summed E-state index contributed by atoms with van der Waals surface area (Å²) in [6, 6.07) is 13.6. The number of amides is 1. The second kappa shape index (κ2) is 6.26. The molecule has 0 bridgehead atoms. The Bertz CT molecular complexity index is 595. The van der Waals surface area contributed by atoms with Gasteiger partial charge in [0.25, 0.3) is 0 Å².